The molecular weight excluding hydrogens is 288 g/mol. The molecule has 0 aliphatic carbocycles. The maximum atomic E-state index is 14.3. The Hall–Kier alpha value is -2.73. The summed E-state index contributed by atoms with van der Waals surface area (Å²) in [7, 11) is 0. The SMILES string of the molecule is OC(c1ccccc1)(c1cccc(F)c1F)c1c2ncn1[nH]2. The van der Waals surface area contributed by atoms with Gasteiger partial charge in [0.05, 0.1) is 0 Å². The molecule has 6 heteroatoms. The van der Waals surface area contributed by atoms with Gasteiger partial charge in [0.25, 0.3) is 0 Å². The van der Waals surface area contributed by atoms with Crippen molar-refractivity contribution in [2.24, 2.45) is 0 Å². The van der Waals surface area contributed by atoms with Crippen LogP contribution in [0.5, 0.6) is 0 Å². The largest absolute Gasteiger partial charge is 0.374 e. The van der Waals surface area contributed by atoms with Crippen molar-refractivity contribution in [3.8, 4) is 0 Å². The molecule has 0 spiro atoms. The second-order valence-electron chi connectivity index (χ2n) is 5.10. The zero-order chi connectivity index (χ0) is 15.3. The van der Waals surface area contributed by atoms with Crippen molar-refractivity contribution < 1.29 is 13.9 Å². The molecule has 5 aromatic rings. The van der Waals surface area contributed by atoms with E-state index in [1.54, 1.807) is 30.3 Å². The number of halogens is 2. The summed E-state index contributed by atoms with van der Waals surface area (Å²) in [6, 6.07) is 12.3. The molecule has 4 nitrogen and oxygen atoms in total. The lowest BCUT2D eigenvalue weighted by Gasteiger charge is -2.31. The highest BCUT2D eigenvalue weighted by molar-refractivity contribution is 5.58. The van der Waals surface area contributed by atoms with Gasteiger partial charge in [-0.1, -0.05) is 42.5 Å². The molecule has 0 saturated heterocycles. The van der Waals surface area contributed by atoms with Crippen LogP contribution in [0.2, 0.25) is 0 Å². The standard InChI is InChI=1S/C16H11F2N3O/c17-12-8-4-7-11(13(12)18)16(22,10-5-2-1-3-6-10)14-15-19-9-21(14)20-15/h1-9,20,22H. The van der Waals surface area contributed by atoms with Gasteiger partial charge in [-0.15, -0.1) is 0 Å². The molecule has 0 aliphatic heterocycles. The van der Waals surface area contributed by atoms with Crippen molar-refractivity contribution in [2.75, 3.05) is 0 Å². The fourth-order valence-electron chi connectivity index (χ4n) is 2.80. The van der Waals surface area contributed by atoms with Crippen molar-refractivity contribution >= 4 is 5.65 Å². The number of aliphatic hydroxyl groups is 1. The third-order valence-electron chi connectivity index (χ3n) is 3.87. The third-order valence-corrected chi connectivity index (χ3v) is 3.87. The highest BCUT2D eigenvalue weighted by Gasteiger charge is 2.43. The summed E-state index contributed by atoms with van der Waals surface area (Å²) in [5.41, 5.74) is -0.727. The van der Waals surface area contributed by atoms with Gasteiger partial charge in [-0.3, -0.25) is 5.10 Å². The Morgan fingerprint density at radius 3 is 2.45 bits per heavy atom. The number of aromatic amines is 1. The molecule has 0 fully saturated rings. The number of aromatic nitrogens is 3. The first-order valence-corrected chi connectivity index (χ1v) is 6.69. The van der Waals surface area contributed by atoms with Gasteiger partial charge in [0.15, 0.2) is 22.9 Å². The predicted molar refractivity (Wildman–Crippen MR) is 75.6 cm³/mol. The fraction of sp³-hybridized carbons (Fsp3) is 0.0625. The van der Waals surface area contributed by atoms with Gasteiger partial charge < -0.3 is 5.11 Å². The average Bonchev–Trinajstić information content (AvgIpc) is 3.15. The number of H-pyrrole nitrogens is 1. The molecule has 0 aliphatic rings. The Bertz CT molecular complexity index is 897. The van der Waals surface area contributed by atoms with Gasteiger partial charge in [-0.25, -0.2) is 18.3 Å². The lowest BCUT2D eigenvalue weighted by molar-refractivity contribution is 0.111. The molecule has 2 aromatic carbocycles. The lowest BCUT2D eigenvalue weighted by atomic mass is 9.82. The average molecular weight is 299 g/mol. The second kappa shape index (κ2) is 4.38. The Balaban J connectivity index is 2.04. The van der Waals surface area contributed by atoms with Crippen LogP contribution in [-0.4, -0.2) is 19.7 Å². The predicted octanol–water partition coefficient (Wildman–Crippen LogP) is 2.66. The molecule has 2 N–H and O–H groups in total. The van der Waals surface area contributed by atoms with Gasteiger partial charge >= 0.3 is 0 Å². The quantitative estimate of drug-likeness (QED) is 0.611. The van der Waals surface area contributed by atoms with E-state index in [-0.39, 0.29) is 5.56 Å². The van der Waals surface area contributed by atoms with Crippen LogP contribution in [0.25, 0.3) is 5.65 Å². The zero-order valence-electron chi connectivity index (χ0n) is 11.3. The van der Waals surface area contributed by atoms with Crippen molar-refractivity contribution in [1.29, 1.82) is 0 Å². The molecule has 0 radical (unpaired) electrons. The smallest absolute Gasteiger partial charge is 0.172 e. The van der Waals surface area contributed by atoms with Crippen LogP contribution in [0, 0.1) is 11.6 Å². The third kappa shape index (κ3) is 1.55. The monoisotopic (exact) mass is 299 g/mol. The molecule has 2 bridgehead atoms. The number of nitrogens with zero attached hydrogens (tertiary/aromatic N) is 2. The van der Waals surface area contributed by atoms with Gasteiger partial charge in [-0.05, 0) is 11.6 Å². The number of benzene rings is 2. The molecule has 1 unspecified atom stereocenters. The minimum Gasteiger partial charge on any atom is -0.374 e. The van der Waals surface area contributed by atoms with Crippen LogP contribution >= 0.6 is 0 Å². The van der Waals surface area contributed by atoms with E-state index < -0.39 is 17.2 Å². The van der Waals surface area contributed by atoms with E-state index >= 15 is 0 Å². The summed E-state index contributed by atoms with van der Waals surface area (Å²) in [6.45, 7) is 0. The summed E-state index contributed by atoms with van der Waals surface area (Å²) in [5, 5.41) is 14.2. The Labute approximate surface area is 124 Å². The highest BCUT2D eigenvalue weighted by atomic mass is 19.2. The number of rotatable bonds is 3. The minimum atomic E-state index is -1.83. The van der Waals surface area contributed by atoms with Crippen molar-refractivity contribution in [2.45, 2.75) is 5.60 Å². The maximum absolute atomic E-state index is 14.3. The van der Waals surface area contributed by atoms with Gasteiger partial charge in [0.2, 0.25) is 0 Å². The summed E-state index contributed by atoms with van der Waals surface area (Å²) in [6.07, 6.45) is 1.48. The Morgan fingerprint density at radius 2 is 1.82 bits per heavy atom. The van der Waals surface area contributed by atoms with Crippen molar-refractivity contribution in [3.05, 3.63) is 83.3 Å². The Morgan fingerprint density at radius 1 is 1.05 bits per heavy atom. The molecule has 22 heavy (non-hydrogen) atoms. The van der Waals surface area contributed by atoms with Gasteiger partial charge in [-0.2, -0.15) is 0 Å². The van der Waals surface area contributed by atoms with Gasteiger partial charge in [0.1, 0.15) is 12.0 Å². The van der Waals surface area contributed by atoms with Crippen LogP contribution in [0.4, 0.5) is 8.78 Å². The normalized spacial score (nSPS) is 14.5. The second-order valence-corrected chi connectivity index (χ2v) is 5.10. The van der Waals surface area contributed by atoms with Crippen LogP contribution in [0.3, 0.4) is 0 Å². The summed E-state index contributed by atoms with van der Waals surface area (Å²) in [4.78, 5) is 4.05. The molecule has 0 saturated carbocycles. The van der Waals surface area contributed by atoms with E-state index in [1.165, 1.54) is 23.0 Å². The molecule has 3 heterocycles. The van der Waals surface area contributed by atoms with E-state index in [4.69, 9.17) is 0 Å². The molecule has 110 valence electrons. The first-order chi connectivity index (χ1) is 10.6. The maximum Gasteiger partial charge on any atom is 0.172 e. The minimum absolute atomic E-state index is 0.150. The molecule has 3 aromatic heterocycles. The van der Waals surface area contributed by atoms with Gasteiger partial charge in [0, 0.05) is 5.56 Å². The highest BCUT2D eigenvalue weighted by Crippen LogP contribution is 2.40. The van der Waals surface area contributed by atoms with Crippen LogP contribution < -0.4 is 0 Å². The van der Waals surface area contributed by atoms with Crippen LogP contribution in [-0.2, 0) is 5.60 Å². The Kier molecular flexibility index (Phi) is 2.58. The molecule has 0 amide bonds. The van der Waals surface area contributed by atoms with Crippen molar-refractivity contribution in [1.82, 2.24) is 14.6 Å². The molecule has 5 rings (SSSR count). The number of imidazole rings is 1. The van der Waals surface area contributed by atoms with Crippen molar-refractivity contribution in [3.63, 3.8) is 0 Å². The fourth-order valence-corrected chi connectivity index (χ4v) is 2.80. The number of fused-ring (bicyclic) bond motifs is 1. The zero-order valence-corrected chi connectivity index (χ0v) is 11.3. The summed E-state index contributed by atoms with van der Waals surface area (Å²) < 4.78 is 29.5. The van der Waals surface area contributed by atoms with Crippen LogP contribution in [0.15, 0.2) is 54.9 Å². The number of hydrogen-bond acceptors (Lipinski definition) is 2. The first-order valence-electron chi connectivity index (χ1n) is 6.69. The molecular formula is C16H11F2N3O. The summed E-state index contributed by atoms with van der Waals surface area (Å²) >= 11 is 0. The first kappa shape index (κ1) is 13.0. The topological polar surface area (TPSA) is 53.3 Å². The summed E-state index contributed by atoms with van der Waals surface area (Å²) in [5.74, 6) is -2.08. The van der Waals surface area contributed by atoms with E-state index in [9.17, 15) is 13.9 Å². The van der Waals surface area contributed by atoms with E-state index in [2.05, 4.69) is 10.1 Å². The number of nitrogens with one attached hydrogen (secondary N) is 1. The van der Waals surface area contributed by atoms with E-state index in [0.29, 0.717) is 16.9 Å². The van der Waals surface area contributed by atoms with E-state index in [1.807, 2.05) is 0 Å². The molecule has 1 atom stereocenters. The number of hydrogen-bond donors (Lipinski definition) is 2. The lowest BCUT2D eigenvalue weighted by Crippen LogP contribution is -2.34. The van der Waals surface area contributed by atoms with Crippen LogP contribution in [0.1, 0.15) is 16.8 Å². The van der Waals surface area contributed by atoms with E-state index in [0.717, 1.165) is 6.07 Å².